The number of aliphatic hydroxyl groups is 2. The van der Waals surface area contributed by atoms with Crippen LogP contribution in [0.25, 0.3) is 0 Å². The molecule has 1 aromatic rings. The predicted octanol–water partition coefficient (Wildman–Crippen LogP) is 4.44. The molecule has 2 heterocycles. The van der Waals surface area contributed by atoms with Crippen molar-refractivity contribution in [2.24, 2.45) is 33.5 Å². The number of rotatable bonds is 5. The van der Waals surface area contributed by atoms with Crippen molar-refractivity contribution in [1.82, 2.24) is 0 Å². The van der Waals surface area contributed by atoms with E-state index in [0.717, 1.165) is 5.57 Å². The Labute approximate surface area is 236 Å². The Balaban J connectivity index is 1.77. The lowest BCUT2D eigenvalue weighted by atomic mass is 9.35. The van der Waals surface area contributed by atoms with Gasteiger partial charge in [0.1, 0.15) is 17.6 Å². The molecule has 4 aliphatic carbocycles. The fourth-order valence-electron chi connectivity index (χ4n) is 9.64. The lowest BCUT2D eigenvalue weighted by Gasteiger charge is -2.65. The minimum atomic E-state index is -2.26. The molecular formula is C33H42O7. The smallest absolute Gasteiger partial charge is 0.194 e. The number of hydrogen-bond acceptors (Lipinski definition) is 7. The van der Waals surface area contributed by atoms with Crippen LogP contribution in [0.15, 0.2) is 42.0 Å². The maximum absolute atomic E-state index is 15.6. The van der Waals surface area contributed by atoms with E-state index in [1.165, 1.54) is 0 Å². The molecule has 0 aromatic heterocycles. The van der Waals surface area contributed by atoms with Crippen molar-refractivity contribution in [1.29, 1.82) is 0 Å². The molecule has 0 amide bonds. The molecule has 0 radical (unpaired) electrons. The molecular weight excluding hydrogens is 508 g/mol. The van der Waals surface area contributed by atoms with E-state index in [2.05, 4.69) is 0 Å². The minimum absolute atomic E-state index is 0.120. The van der Waals surface area contributed by atoms with E-state index in [4.69, 9.17) is 9.47 Å². The van der Waals surface area contributed by atoms with E-state index in [-0.39, 0.29) is 18.8 Å². The largest absolute Gasteiger partial charge is 0.388 e. The van der Waals surface area contributed by atoms with Crippen molar-refractivity contribution in [3.8, 4) is 0 Å². The molecule has 0 unspecified atom stereocenters. The molecule has 6 aliphatic rings. The molecule has 7 rings (SSSR count). The Morgan fingerprint density at radius 2 is 1.68 bits per heavy atom. The average molecular weight is 551 g/mol. The van der Waals surface area contributed by atoms with Gasteiger partial charge in [-0.05, 0) is 72.1 Å². The van der Waals surface area contributed by atoms with Crippen LogP contribution in [0.5, 0.6) is 0 Å². The number of benzene rings is 1. The quantitative estimate of drug-likeness (QED) is 0.317. The normalized spacial score (nSPS) is 44.0. The van der Waals surface area contributed by atoms with Crippen LogP contribution >= 0.6 is 0 Å². The third-order valence-electron chi connectivity index (χ3n) is 11.6. The Morgan fingerprint density at radius 3 is 2.25 bits per heavy atom. The molecule has 4 saturated carbocycles. The molecule has 40 heavy (non-hydrogen) atoms. The van der Waals surface area contributed by atoms with Crippen LogP contribution in [0, 0.1) is 33.5 Å². The second kappa shape index (κ2) is 7.80. The molecule has 2 saturated heterocycles. The van der Waals surface area contributed by atoms with Crippen LogP contribution in [0.2, 0.25) is 0 Å². The number of carbonyl (C=O) groups excluding carboxylic acids is 3. The summed E-state index contributed by atoms with van der Waals surface area (Å²) in [6, 6.07) is 8.56. The first-order valence-corrected chi connectivity index (χ1v) is 14.5. The summed E-state index contributed by atoms with van der Waals surface area (Å²) in [7, 11) is 0. The Morgan fingerprint density at radius 1 is 1.05 bits per heavy atom. The second-order valence-electron chi connectivity index (χ2n) is 14.9. The monoisotopic (exact) mass is 550 g/mol. The van der Waals surface area contributed by atoms with E-state index in [0.29, 0.717) is 12.0 Å². The zero-order valence-corrected chi connectivity index (χ0v) is 24.8. The van der Waals surface area contributed by atoms with E-state index < -0.39 is 74.1 Å². The third-order valence-corrected chi connectivity index (χ3v) is 11.6. The van der Waals surface area contributed by atoms with Gasteiger partial charge in [0.2, 0.25) is 0 Å². The lowest BCUT2D eigenvalue weighted by molar-refractivity contribution is -0.324. The summed E-state index contributed by atoms with van der Waals surface area (Å²) in [5, 5.41) is 24.4. The molecule has 4 bridgehead atoms. The minimum Gasteiger partial charge on any atom is -0.388 e. The highest BCUT2D eigenvalue weighted by Gasteiger charge is 2.95. The van der Waals surface area contributed by atoms with Gasteiger partial charge in [-0.3, -0.25) is 14.4 Å². The third kappa shape index (κ3) is 2.74. The van der Waals surface area contributed by atoms with Gasteiger partial charge in [-0.25, -0.2) is 0 Å². The number of Topliss-reactive ketones (excluding diaryl/α,β-unsaturated/α-hetero) is 3. The Bertz CT molecular complexity index is 1350. The first kappa shape index (κ1) is 28.0. The van der Waals surface area contributed by atoms with Crippen LogP contribution < -0.4 is 0 Å². The summed E-state index contributed by atoms with van der Waals surface area (Å²) >= 11 is 0. The SMILES string of the molecule is CC(C)=CC[C@]12C[C@@H]3C[C@@H]4C(C)(C)O[C@@H]5[C@@H](C(C)(C)O)O[C@]1(O)[C@@]54C(=O)[C@](C(=O)c1ccccc1)(C2=O)C3(C)C. The van der Waals surface area contributed by atoms with Crippen LogP contribution in [-0.4, -0.2) is 56.8 Å². The van der Waals surface area contributed by atoms with Crippen LogP contribution in [0.3, 0.4) is 0 Å². The zero-order chi connectivity index (χ0) is 29.5. The first-order valence-electron chi connectivity index (χ1n) is 14.5. The highest BCUT2D eigenvalue weighted by Crippen LogP contribution is 2.81. The number of ketones is 3. The summed E-state index contributed by atoms with van der Waals surface area (Å²) in [6.45, 7) is 14.6. The van der Waals surface area contributed by atoms with Crippen molar-refractivity contribution in [3.63, 3.8) is 0 Å². The van der Waals surface area contributed by atoms with Crippen molar-refractivity contribution in [3.05, 3.63) is 47.5 Å². The fourth-order valence-corrected chi connectivity index (χ4v) is 9.64. The molecule has 8 atom stereocenters. The second-order valence-corrected chi connectivity index (χ2v) is 14.9. The van der Waals surface area contributed by atoms with Gasteiger partial charge in [0.05, 0.1) is 16.6 Å². The molecule has 7 heteroatoms. The van der Waals surface area contributed by atoms with E-state index in [1.807, 2.05) is 47.6 Å². The summed E-state index contributed by atoms with van der Waals surface area (Å²) in [5.74, 6) is -4.74. The van der Waals surface area contributed by atoms with Gasteiger partial charge >= 0.3 is 0 Å². The highest BCUT2D eigenvalue weighted by atomic mass is 16.7. The van der Waals surface area contributed by atoms with E-state index in [9.17, 15) is 15.0 Å². The van der Waals surface area contributed by atoms with Gasteiger partial charge in [-0.2, -0.15) is 0 Å². The topological polar surface area (TPSA) is 110 Å². The number of allylic oxidation sites excluding steroid dienone is 2. The maximum atomic E-state index is 15.6. The molecule has 2 aliphatic heterocycles. The van der Waals surface area contributed by atoms with Crippen molar-refractivity contribution in [2.45, 2.75) is 104 Å². The first-order chi connectivity index (χ1) is 18.4. The Hall–Kier alpha value is -2.19. The summed E-state index contributed by atoms with van der Waals surface area (Å²) in [4.78, 5) is 45.8. The summed E-state index contributed by atoms with van der Waals surface area (Å²) < 4.78 is 13.2. The highest BCUT2D eigenvalue weighted by molar-refractivity contribution is 6.34. The van der Waals surface area contributed by atoms with Crippen LogP contribution in [0.4, 0.5) is 0 Å². The molecule has 6 fully saturated rings. The van der Waals surface area contributed by atoms with Gasteiger partial charge in [0.15, 0.2) is 28.6 Å². The average Bonchev–Trinajstić information content (AvgIpc) is 3.19. The molecule has 1 aromatic carbocycles. The van der Waals surface area contributed by atoms with Gasteiger partial charge < -0.3 is 19.7 Å². The number of ether oxygens (including phenoxy) is 2. The number of hydrogen-bond donors (Lipinski definition) is 2. The van der Waals surface area contributed by atoms with E-state index >= 15 is 9.59 Å². The van der Waals surface area contributed by atoms with E-state index in [1.54, 1.807) is 44.2 Å². The van der Waals surface area contributed by atoms with Gasteiger partial charge in [0, 0.05) is 11.5 Å². The van der Waals surface area contributed by atoms with Gasteiger partial charge in [0.25, 0.3) is 0 Å². The maximum Gasteiger partial charge on any atom is 0.194 e. The standard InChI is InChI=1S/C33H42O7/c1-18(2)14-15-30-17-20-16-21-29(7,8)39-24-23(28(5,6)37)40-33(30,38)31(21,24)26(36)32(25(30)35,27(20,3)4)22(34)19-12-10-9-11-13-19/h9-14,20-21,23-24,37-38H,15-17H2,1-8H3/t20-,21+,23-,24+,30+,31+,32-,33-/m0/s1. The molecule has 2 N–H and O–H groups in total. The Kier molecular flexibility index (Phi) is 5.45. The van der Waals surface area contributed by atoms with Crippen LogP contribution in [0.1, 0.15) is 85.0 Å². The number of carbonyl (C=O) groups is 3. The van der Waals surface area contributed by atoms with Gasteiger partial charge in [-0.1, -0.05) is 55.8 Å². The lowest BCUT2D eigenvalue weighted by Crippen LogP contribution is -2.81. The predicted molar refractivity (Wildman–Crippen MR) is 147 cm³/mol. The van der Waals surface area contributed by atoms with Crippen molar-refractivity contribution >= 4 is 17.3 Å². The zero-order valence-electron chi connectivity index (χ0n) is 24.8. The summed E-state index contributed by atoms with van der Waals surface area (Å²) in [6.07, 6.45) is 0.651. The fraction of sp³-hybridized carbons (Fsp3) is 0.667. The molecule has 7 nitrogen and oxygen atoms in total. The molecule has 1 spiro atoms. The van der Waals surface area contributed by atoms with Gasteiger partial charge in [-0.15, -0.1) is 0 Å². The van der Waals surface area contributed by atoms with Crippen molar-refractivity contribution in [2.75, 3.05) is 0 Å². The summed E-state index contributed by atoms with van der Waals surface area (Å²) in [5.41, 5.74) is -7.53. The molecule has 216 valence electrons. The van der Waals surface area contributed by atoms with Crippen LogP contribution in [-0.2, 0) is 19.1 Å². The van der Waals surface area contributed by atoms with Crippen molar-refractivity contribution < 1.29 is 34.1 Å².